The molecule has 0 atom stereocenters. The van der Waals surface area contributed by atoms with Gasteiger partial charge in [0.2, 0.25) is 0 Å². The molecule has 0 aromatic heterocycles. The summed E-state index contributed by atoms with van der Waals surface area (Å²) in [5.41, 5.74) is 0. The smallest absolute Gasteiger partial charge is 0.290 e. The van der Waals surface area contributed by atoms with Crippen LogP contribution >= 0.6 is 15.9 Å². The topological polar surface area (TPSA) is 37.3 Å². The molecule has 0 aliphatic rings. The normalized spacial score (nSPS) is 8.25. The predicted octanol–water partition coefficient (Wildman–Crippen LogP) is 2.43. The molecule has 0 aliphatic carbocycles. The van der Waals surface area contributed by atoms with E-state index in [2.05, 4.69) is 15.9 Å². The Morgan fingerprint density at radius 3 is 1.92 bits per heavy atom. The molecule has 0 spiro atoms. The lowest BCUT2D eigenvalue weighted by Crippen LogP contribution is -1.80. The Bertz CT molecular complexity index is 245. The Labute approximate surface area is 76.0 Å². The molecule has 0 fully saturated rings. The van der Waals surface area contributed by atoms with Crippen molar-refractivity contribution in [3.63, 3.8) is 0 Å². The van der Waals surface area contributed by atoms with Gasteiger partial charge < -0.3 is 5.11 Å². The van der Waals surface area contributed by atoms with Crippen LogP contribution in [0.25, 0.3) is 0 Å². The van der Waals surface area contributed by atoms with Crippen molar-refractivity contribution in [2.75, 3.05) is 0 Å². The van der Waals surface area contributed by atoms with E-state index in [1.165, 1.54) is 18.2 Å². The number of carbonyl (C=O) groups is 1. The molecule has 1 aromatic carbocycles. The van der Waals surface area contributed by atoms with Gasteiger partial charge in [-0.1, -0.05) is 6.07 Å². The van der Waals surface area contributed by atoms with Gasteiger partial charge in [0.25, 0.3) is 6.47 Å². The van der Waals surface area contributed by atoms with Crippen LogP contribution in [0.3, 0.4) is 0 Å². The maximum atomic E-state index is 12.3. The van der Waals surface area contributed by atoms with Gasteiger partial charge in [-0.2, -0.15) is 0 Å². The average Bonchev–Trinajstić information content (AvgIpc) is 2.02. The van der Waals surface area contributed by atoms with Crippen molar-refractivity contribution in [2.24, 2.45) is 0 Å². The zero-order valence-electron chi connectivity index (χ0n) is 5.80. The maximum absolute atomic E-state index is 12.3. The molecule has 12 heavy (non-hydrogen) atoms. The molecule has 1 N–H and O–H groups in total. The molecule has 0 unspecified atom stereocenters. The van der Waals surface area contributed by atoms with Crippen molar-refractivity contribution in [3.8, 4) is 0 Å². The molecule has 0 aliphatic heterocycles. The molecule has 0 saturated carbocycles. The number of halogens is 3. The van der Waals surface area contributed by atoms with Gasteiger partial charge in [-0.15, -0.1) is 0 Å². The van der Waals surface area contributed by atoms with Gasteiger partial charge in [0.1, 0.15) is 11.6 Å². The maximum Gasteiger partial charge on any atom is 0.290 e. The highest BCUT2D eigenvalue weighted by atomic mass is 79.9. The number of hydrogen-bond donors (Lipinski definition) is 1. The fraction of sp³-hybridized carbons (Fsp3) is 0. The Kier molecular flexibility index (Phi) is 5.19. The highest BCUT2D eigenvalue weighted by Crippen LogP contribution is 2.17. The number of carboxylic acid groups (broad SMARTS) is 1. The van der Waals surface area contributed by atoms with E-state index in [0.717, 1.165) is 0 Å². The predicted molar refractivity (Wildman–Crippen MR) is 42.8 cm³/mol. The Morgan fingerprint density at radius 1 is 1.33 bits per heavy atom. The molecule has 2 nitrogen and oxygen atoms in total. The van der Waals surface area contributed by atoms with Crippen LogP contribution in [0, 0.1) is 11.6 Å². The first-order chi connectivity index (χ1) is 5.63. The van der Waals surface area contributed by atoms with E-state index in [1.807, 2.05) is 0 Å². The monoisotopic (exact) mass is 238 g/mol. The molecule has 0 heterocycles. The van der Waals surface area contributed by atoms with E-state index in [4.69, 9.17) is 9.90 Å². The van der Waals surface area contributed by atoms with Crippen molar-refractivity contribution in [3.05, 3.63) is 34.3 Å². The average molecular weight is 239 g/mol. The first kappa shape index (κ1) is 11.0. The van der Waals surface area contributed by atoms with Gasteiger partial charge in [-0.25, -0.2) is 8.78 Å². The summed E-state index contributed by atoms with van der Waals surface area (Å²) in [5.74, 6) is -1.15. The van der Waals surface area contributed by atoms with E-state index >= 15 is 0 Å². The highest BCUT2D eigenvalue weighted by Gasteiger charge is 2.01. The second-order valence-corrected chi connectivity index (χ2v) is 2.43. The summed E-state index contributed by atoms with van der Waals surface area (Å²) in [5, 5.41) is 6.89. The molecule has 5 heteroatoms. The lowest BCUT2D eigenvalue weighted by molar-refractivity contribution is -0.122. The van der Waals surface area contributed by atoms with E-state index in [1.54, 1.807) is 0 Å². The van der Waals surface area contributed by atoms with Crippen LogP contribution in [0.2, 0.25) is 0 Å². The molecule has 66 valence electrons. The van der Waals surface area contributed by atoms with Gasteiger partial charge >= 0.3 is 0 Å². The summed E-state index contributed by atoms with van der Waals surface area (Å²) in [6.45, 7) is -0.250. The summed E-state index contributed by atoms with van der Waals surface area (Å²) in [7, 11) is 0. The van der Waals surface area contributed by atoms with Gasteiger partial charge in [0.15, 0.2) is 0 Å². The van der Waals surface area contributed by atoms with Gasteiger partial charge in [0, 0.05) is 0 Å². The molecule has 0 saturated heterocycles. The highest BCUT2D eigenvalue weighted by molar-refractivity contribution is 9.10. The third-order valence-electron chi connectivity index (χ3n) is 0.904. The summed E-state index contributed by atoms with van der Waals surface area (Å²) in [4.78, 5) is 8.36. The van der Waals surface area contributed by atoms with Crippen molar-refractivity contribution >= 4 is 22.4 Å². The minimum atomic E-state index is -0.574. The molecule has 1 aromatic rings. The molecular formula is C7H5BrF2O2. The standard InChI is InChI=1S/C6H3BrF2.CH2O2/c7-6-4(8)2-1-3-5(6)9;2-1-3/h1-3H;1H,(H,2,3). The van der Waals surface area contributed by atoms with Crippen molar-refractivity contribution in [2.45, 2.75) is 0 Å². The molecule has 0 bridgehead atoms. The summed E-state index contributed by atoms with van der Waals surface area (Å²) in [6.07, 6.45) is 0. The largest absolute Gasteiger partial charge is 0.483 e. The quantitative estimate of drug-likeness (QED) is 0.557. The fourth-order valence-corrected chi connectivity index (χ4v) is 0.742. The summed E-state index contributed by atoms with van der Waals surface area (Å²) >= 11 is 2.73. The lowest BCUT2D eigenvalue weighted by Gasteiger charge is -1.92. The third kappa shape index (κ3) is 3.43. The van der Waals surface area contributed by atoms with E-state index in [0.29, 0.717) is 0 Å². The van der Waals surface area contributed by atoms with Crippen molar-refractivity contribution in [1.29, 1.82) is 0 Å². The van der Waals surface area contributed by atoms with Crippen LogP contribution in [0.1, 0.15) is 0 Å². The number of hydrogen-bond acceptors (Lipinski definition) is 1. The molecule has 1 rings (SSSR count). The zero-order valence-corrected chi connectivity index (χ0v) is 7.38. The van der Waals surface area contributed by atoms with Gasteiger partial charge in [-0.3, -0.25) is 4.79 Å². The van der Waals surface area contributed by atoms with Crippen molar-refractivity contribution < 1.29 is 18.7 Å². The first-order valence-electron chi connectivity index (χ1n) is 2.80. The first-order valence-corrected chi connectivity index (χ1v) is 3.60. The third-order valence-corrected chi connectivity index (χ3v) is 1.66. The van der Waals surface area contributed by atoms with Gasteiger partial charge in [0.05, 0.1) is 4.47 Å². The van der Waals surface area contributed by atoms with E-state index in [9.17, 15) is 8.78 Å². The Balaban J connectivity index is 0.000000354. The van der Waals surface area contributed by atoms with Crippen LogP contribution in [-0.2, 0) is 4.79 Å². The minimum absolute atomic E-state index is 0.106. The summed E-state index contributed by atoms with van der Waals surface area (Å²) < 4.78 is 24.5. The van der Waals surface area contributed by atoms with E-state index in [-0.39, 0.29) is 10.9 Å². The molecular weight excluding hydrogens is 234 g/mol. The van der Waals surface area contributed by atoms with Crippen LogP contribution in [0.15, 0.2) is 22.7 Å². The fourth-order valence-electron chi connectivity index (χ4n) is 0.477. The zero-order chi connectivity index (χ0) is 9.56. The van der Waals surface area contributed by atoms with Crippen molar-refractivity contribution in [1.82, 2.24) is 0 Å². The SMILES string of the molecule is Fc1cccc(F)c1Br.O=CO. The van der Waals surface area contributed by atoms with Crippen LogP contribution in [-0.4, -0.2) is 11.6 Å². The minimum Gasteiger partial charge on any atom is -0.483 e. The number of rotatable bonds is 0. The second kappa shape index (κ2) is 5.65. The van der Waals surface area contributed by atoms with Crippen LogP contribution < -0.4 is 0 Å². The second-order valence-electron chi connectivity index (χ2n) is 1.64. The van der Waals surface area contributed by atoms with Gasteiger partial charge in [-0.05, 0) is 28.1 Å². The number of benzene rings is 1. The summed E-state index contributed by atoms with van der Waals surface area (Å²) in [6, 6.07) is 3.69. The Hall–Kier alpha value is -0.970. The van der Waals surface area contributed by atoms with Crippen LogP contribution in [0.4, 0.5) is 8.78 Å². The van der Waals surface area contributed by atoms with Crippen LogP contribution in [0.5, 0.6) is 0 Å². The van der Waals surface area contributed by atoms with E-state index < -0.39 is 11.6 Å². The molecule has 0 amide bonds. The molecule has 0 radical (unpaired) electrons. The lowest BCUT2D eigenvalue weighted by atomic mass is 10.3. The Morgan fingerprint density at radius 2 is 1.67 bits per heavy atom.